The van der Waals surface area contributed by atoms with Crippen LogP contribution in [-0.2, 0) is 0 Å². The Hall–Kier alpha value is 0.466. The molecule has 0 fully saturated rings. The molecule has 0 aromatic heterocycles. The molecule has 0 aromatic carbocycles. The Morgan fingerprint density at radius 3 is 2.20 bits per heavy atom. The van der Waals surface area contributed by atoms with E-state index >= 15 is 0 Å². The second-order valence-corrected chi connectivity index (χ2v) is 0.524. The third-order valence-corrected chi connectivity index (χ3v) is 0.167. The number of hydrogen-bond donors (Lipinski definition) is 1. The van der Waals surface area contributed by atoms with Gasteiger partial charge in [0.1, 0.15) is 0 Å². The summed E-state index contributed by atoms with van der Waals surface area (Å²) < 4.78 is 0. The zero-order chi connectivity index (χ0) is 3.41. The van der Waals surface area contributed by atoms with Gasteiger partial charge in [0.15, 0.2) is 0 Å². The van der Waals surface area contributed by atoms with E-state index < -0.39 is 0 Å². The quantitative estimate of drug-likeness (QED) is 0.350. The van der Waals surface area contributed by atoms with Crippen molar-refractivity contribution in [2.45, 2.75) is 0 Å². The summed E-state index contributed by atoms with van der Waals surface area (Å²) in [7, 11) is 0. The van der Waals surface area contributed by atoms with Crippen molar-refractivity contribution in [1.82, 2.24) is 0 Å². The third kappa shape index (κ3) is 12.6. The van der Waals surface area contributed by atoms with Crippen molar-refractivity contribution in [3.05, 3.63) is 12.7 Å². The molecule has 0 spiro atoms. The Morgan fingerprint density at radius 2 is 2.20 bits per heavy atom. The molecule has 0 aliphatic rings. The average molecular weight is 83.4 g/mol. The van der Waals surface area contributed by atoms with E-state index in [0.717, 1.165) is 0 Å². The van der Waals surface area contributed by atoms with Crippen LogP contribution in [0.25, 0.3) is 0 Å². The molecule has 0 amide bonds. The number of hydrogen-bond acceptors (Lipinski definition) is 1. The van der Waals surface area contributed by atoms with Gasteiger partial charge in [-0.25, -0.2) is 0 Å². The van der Waals surface area contributed by atoms with Gasteiger partial charge in [0.05, 0.1) is 0 Å². The molecular weight excluding hydrogens is 74.3 g/mol. The van der Waals surface area contributed by atoms with Crippen LogP contribution >= 0.6 is 0 Å². The van der Waals surface area contributed by atoms with Gasteiger partial charge in [-0.05, 0) is 0 Å². The van der Waals surface area contributed by atoms with Crippen molar-refractivity contribution < 1.29 is 2.85 Å². The van der Waals surface area contributed by atoms with Gasteiger partial charge in [-0.2, -0.15) is 0 Å². The zero-order valence-electron chi connectivity index (χ0n) is 5.28. The number of nitrogens with two attached hydrogens (primary N) is 1. The molecule has 1 nitrogen and oxygen atoms in total. The summed E-state index contributed by atoms with van der Waals surface area (Å²) in [4.78, 5) is 0. The predicted octanol–water partition coefficient (Wildman–Crippen LogP) is -0.0247. The van der Waals surface area contributed by atoms with Crippen molar-refractivity contribution in [2.75, 3.05) is 6.54 Å². The second kappa shape index (κ2) is 8.82. The molecule has 28 valence electrons. The van der Waals surface area contributed by atoms with Crippen LogP contribution in [0, 0.1) is 0 Å². The SMILES string of the molecule is C=CCN.[H-].[H-].[Mg+2]. The molecule has 0 aliphatic carbocycles. The normalized spacial score (nSPS) is 5.00. The standard InChI is InChI=1S/C3H7N.Mg.2H/c1-2-3-4;;;/h2H,1,3-4H2;;;/q;+2;2*-1. The van der Waals surface area contributed by atoms with Crippen LogP contribution in [0.15, 0.2) is 12.7 Å². The first-order chi connectivity index (χ1) is 1.91. The van der Waals surface area contributed by atoms with Crippen LogP contribution in [0.2, 0.25) is 0 Å². The molecule has 0 saturated carbocycles. The van der Waals surface area contributed by atoms with Crippen LogP contribution < -0.4 is 5.73 Å². The monoisotopic (exact) mass is 83.1 g/mol. The van der Waals surface area contributed by atoms with E-state index in [0.29, 0.717) is 6.54 Å². The van der Waals surface area contributed by atoms with Crippen molar-refractivity contribution in [2.24, 2.45) is 5.73 Å². The Bertz CT molecular complexity index is 26.9. The van der Waals surface area contributed by atoms with Crippen molar-refractivity contribution in [1.29, 1.82) is 0 Å². The maximum atomic E-state index is 4.91. The molecule has 0 heterocycles. The summed E-state index contributed by atoms with van der Waals surface area (Å²) in [5.74, 6) is 0. The van der Waals surface area contributed by atoms with Crippen molar-refractivity contribution in [3.8, 4) is 0 Å². The second-order valence-electron chi connectivity index (χ2n) is 0.524. The van der Waals surface area contributed by atoms with E-state index in [-0.39, 0.29) is 25.9 Å². The van der Waals surface area contributed by atoms with Crippen molar-refractivity contribution >= 4 is 23.1 Å². The first kappa shape index (κ1) is 9.08. The van der Waals surface area contributed by atoms with Gasteiger partial charge in [0.2, 0.25) is 0 Å². The van der Waals surface area contributed by atoms with Gasteiger partial charge in [-0.15, -0.1) is 6.58 Å². The molecule has 0 radical (unpaired) electrons. The van der Waals surface area contributed by atoms with Crippen LogP contribution in [0.3, 0.4) is 0 Å². The fourth-order valence-electron chi connectivity index (χ4n) is 0. The smallest absolute Gasteiger partial charge is 1.00 e. The average Bonchev–Trinajstić information content (AvgIpc) is 1.37. The van der Waals surface area contributed by atoms with Crippen LogP contribution in [0.1, 0.15) is 2.85 Å². The van der Waals surface area contributed by atoms with Gasteiger partial charge in [-0.3, -0.25) is 0 Å². The van der Waals surface area contributed by atoms with E-state index in [9.17, 15) is 0 Å². The fraction of sp³-hybridized carbons (Fsp3) is 0.333. The van der Waals surface area contributed by atoms with Gasteiger partial charge in [0.25, 0.3) is 0 Å². The first-order valence-electron chi connectivity index (χ1n) is 1.22. The molecule has 2 heteroatoms. The first-order valence-corrected chi connectivity index (χ1v) is 1.22. The summed E-state index contributed by atoms with van der Waals surface area (Å²) in [6, 6.07) is 0. The topological polar surface area (TPSA) is 26.0 Å². The molecule has 5 heavy (non-hydrogen) atoms. The van der Waals surface area contributed by atoms with Gasteiger partial charge in [-0.1, -0.05) is 6.08 Å². The Balaban J connectivity index is -0.0000000150. The van der Waals surface area contributed by atoms with E-state index in [2.05, 4.69) is 6.58 Å². The van der Waals surface area contributed by atoms with Crippen LogP contribution in [0.4, 0.5) is 0 Å². The maximum Gasteiger partial charge on any atom is 2.00 e. The summed E-state index contributed by atoms with van der Waals surface area (Å²) in [5.41, 5.74) is 4.91. The van der Waals surface area contributed by atoms with Crippen LogP contribution in [-0.4, -0.2) is 29.6 Å². The minimum atomic E-state index is 0. The Kier molecular flexibility index (Phi) is 16.0. The molecule has 0 saturated heterocycles. The molecule has 2 N–H and O–H groups in total. The van der Waals surface area contributed by atoms with Gasteiger partial charge >= 0.3 is 23.1 Å². The van der Waals surface area contributed by atoms with Gasteiger partial charge < -0.3 is 8.59 Å². The summed E-state index contributed by atoms with van der Waals surface area (Å²) in [5, 5.41) is 0. The summed E-state index contributed by atoms with van der Waals surface area (Å²) in [6.45, 7) is 3.94. The van der Waals surface area contributed by atoms with E-state index in [1.54, 1.807) is 6.08 Å². The van der Waals surface area contributed by atoms with E-state index in [4.69, 9.17) is 5.73 Å². The van der Waals surface area contributed by atoms with Crippen molar-refractivity contribution in [3.63, 3.8) is 0 Å². The summed E-state index contributed by atoms with van der Waals surface area (Å²) >= 11 is 0. The largest absolute Gasteiger partial charge is 2.00 e. The number of rotatable bonds is 1. The predicted molar refractivity (Wildman–Crippen MR) is 27.2 cm³/mol. The van der Waals surface area contributed by atoms with Crippen LogP contribution in [0.5, 0.6) is 0 Å². The Labute approximate surface area is 51.4 Å². The molecule has 0 rings (SSSR count). The van der Waals surface area contributed by atoms with E-state index in [1.807, 2.05) is 0 Å². The molecular formula is C3H9MgN. The molecule has 0 bridgehead atoms. The fourth-order valence-corrected chi connectivity index (χ4v) is 0. The minimum Gasteiger partial charge on any atom is -1.00 e. The zero-order valence-corrected chi connectivity index (χ0v) is 4.69. The molecule has 0 aromatic rings. The molecule has 0 atom stereocenters. The minimum absolute atomic E-state index is 0. The third-order valence-electron chi connectivity index (χ3n) is 0.167. The molecule has 0 unspecified atom stereocenters. The van der Waals surface area contributed by atoms with Gasteiger partial charge in [0, 0.05) is 6.54 Å². The maximum absolute atomic E-state index is 4.91. The molecule has 0 aliphatic heterocycles. The Morgan fingerprint density at radius 1 is 2.00 bits per heavy atom. The summed E-state index contributed by atoms with van der Waals surface area (Å²) in [6.07, 6.45) is 1.65. The van der Waals surface area contributed by atoms with E-state index in [1.165, 1.54) is 0 Å².